The van der Waals surface area contributed by atoms with E-state index in [1.54, 1.807) is 6.07 Å². The average molecular weight is 322 g/mol. The zero-order valence-electron chi connectivity index (χ0n) is 10.1. The van der Waals surface area contributed by atoms with Crippen LogP contribution in [0, 0.1) is 5.82 Å². The SMILES string of the molecule is NC1CC(c2cccc(Br)c2)Oc2cc(F)ccc21. The smallest absolute Gasteiger partial charge is 0.127 e. The number of fused-ring (bicyclic) bond motifs is 1. The first-order valence-corrected chi connectivity index (χ1v) is 6.90. The number of hydrogen-bond donors (Lipinski definition) is 1. The molecular weight excluding hydrogens is 309 g/mol. The quantitative estimate of drug-likeness (QED) is 0.857. The van der Waals surface area contributed by atoms with Gasteiger partial charge in [0, 0.05) is 28.6 Å². The molecule has 0 aliphatic carbocycles. The molecule has 2 N–H and O–H groups in total. The van der Waals surface area contributed by atoms with Crippen LogP contribution >= 0.6 is 15.9 Å². The van der Waals surface area contributed by atoms with Gasteiger partial charge < -0.3 is 10.5 Å². The van der Waals surface area contributed by atoms with Crippen LogP contribution in [0.3, 0.4) is 0 Å². The van der Waals surface area contributed by atoms with Crippen molar-refractivity contribution in [3.63, 3.8) is 0 Å². The van der Waals surface area contributed by atoms with Gasteiger partial charge in [0.1, 0.15) is 17.7 Å². The molecule has 2 unspecified atom stereocenters. The highest BCUT2D eigenvalue weighted by atomic mass is 79.9. The van der Waals surface area contributed by atoms with E-state index in [0.717, 1.165) is 15.6 Å². The molecule has 19 heavy (non-hydrogen) atoms. The molecule has 2 aromatic carbocycles. The van der Waals surface area contributed by atoms with Crippen LogP contribution in [0.2, 0.25) is 0 Å². The maximum atomic E-state index is 13.3. The summed E-state index contributed by atoms with van der Waals surface area (Å²) in [6.45, 7) is 0. The van der Waals surface area contributed by atoms with Crippen LogP contribution in [-0.4, -0.2) is 0 Å². The average Bonchev–Trinajstić information content (AvgIpc) is 2.38. The fraction of sp³-hybridized carbons (Fsp3) is 0.200. The lowest BCUT2D eigenvalue weighted by atomic mass is 9.93. The van der Waals surface area contributed by atoms with Crippen molar-refractivity contribution < 1.29 is 9.13 Å². The number of benzene rings is 2. The van der Waals surface area contributed by atoms with Crippen LogP contribution in [0.15, 0.2) is 46.9 Å². The molecule has 2 atom stereocenters. The monoisotopic (exact) mass is 321 g/mol. The van der Waals surface area contributed by atoms with Gasteiger partial charge in [-0.05, 0) is 23.8 Å². The maximum absolute atomic E-state index is 13.3. The molecule has 2 nitrogen and oxygen atoms in total. The van der Waals surface area contributed by atoms with E-state index in [1.807, 2.05) is 24.3 Å². The first-order chi connectivity index (χ1) is 9.13. The second-order valence-corrected chi connectivity index (χ2v) is 5.60. The Morgan fingerprint density at radius 3 is 2.84 bits per heavy atom. The molecule has 0 radical (unpaired) electrons. The zero-order valence-corrected chi connectivity index (χ0v) is 11.7. The largest absolute Gasteiger partial charge is 0.485 e. The molecular formula is C15H13BrFNO. The summed E-state index contributed by atoms with van der Waals surface area (Å²) in [5, 5.41) is 0. The zero-order chi connectivity index (χ0) is 13.4. The fourth-order valence-electron chi connectivity index (χ4n) is 2.39. The van der Waals surface area contributed by atoms with Gasteiger partial charge in [-0.25, -0.2) is 4.39 Å². The molecule has 0 amide bonds. The third kappa shape index (κ3) is 2.51. The first-order valence-electron chi connectivity index (χ1n) is 6.10. The minimum atomic E-state index is -0.305. The predicted octanol–water partition coefficient (Wildman–Crippen LogP) is 4.11. The van der Waals surface area contributed by atoms with Gasteiger partial charge in [-0.2, -0.15) is 0 Å². The van der Waals surface area contributed by atoms with Crippen molar-refractivity contribution in [2.75, 3.05) is 0 Å². The summed E-state index contributed by atoms with van der Waals surface area (Å²) >= 11 is 3.44. The van der Waals surface area contributed by atoms with Gasteiger partial charge in [-0.1, -0.05) is 34.1 Å². The number of ether oxygens (including phenoxy) is 1. The Morgan fingerprint density at radius 1 is 1.21 bits per heavy atom. The summed E-state index contributed by atoms with van der Waals surface area (Å²) in [5.74, 6) is 0.240. The van der Waals surface area contributed by atoms with E-state index in [1.165, 1.54) is 12.1 Å². The molecule has 3 rings (SSSR count). The Morgan fingerprint density at radius 2 is 2.05 bits per heavy atom. The lowest BCUT2D eigenvalue weighted by Gasteiger charge is -2.30. The van der Waals surface area contributed by atoms with Gasteiger partial charge in [0.15, 0.2) is 0 Å². The lowest BCUT2D eigenvalue weighted by molar-refractivity contribution is 0.160. The Balaban J connectivity index is 1.96. The van der Waals surface area contributed by atoms with Crippen molar-refractivity contribution >= 4 is 15.9 Å². The maximum Gasteiger partial charge on any atom is 0.127 e. The lowest BCUT2D eigenvalue weighted by Crippen LogP contribution is -2.24. The van der Waals surface area contributed by atoms with Crippen molar-refractivity contribution in [1.29, 1.82) is 0 Å². The molecule has 1 aliphatic rings. The molecule has 2 aromatic rings. The van der Waals surface area contributed by atoms with Crippen LogP contribution in [-0.2, 0) is 0 Å². The van der Waals surface area contributed by atoms with E-state index in [2.05, 4.69) is 15.9 Å². The van der Waals surface area contributed by atoms with Crippen molar-refractivity contribution in [2.24, 2.45) is 5.73 Å². The standard InChI is InChI=1S/C15H13BrFNO/c16-10-3-1-2-9(6-10)14-8-13(18)12-5-4-11(17)7-15(12)19-14/h1-7,13-14H,8,18H2. The Kier molecular flexibility index (Phi) is 3.29. The summed E-state index contributed by atoms with van der Waals surface area (Å²) in [4.78, 5) is 0. The highest BCUT2D eigenvalue weighted by Crippen LogP contribution is 2.40. The van der Waals surface area contributed by atoms with Crippen molar-refractivity contribution in [2.45, 2.75) is 18.6 Å². The van der Waals surface area contributed by atoms with Gasteiger partial charge >= 0.3 is 0 Å². The summed E-state index contributed by atoms with van der Waals surface area (Å²) in [7, 11) is 0. The third-order valence-corrected chi connectivity index (χ3v) is 3.83. The van der Waals surface area contributed by atoms with Crippen molar-refractivity contribution in [1.82, 2.24) is 0 Å². The Bertz CT molecular complexity index is 617. The molecule has 1 heterocycles. The van der Waals surface area contributed by atoms with E-state index in [4.69, 9.17) is 10.5 Å². The van der Waals surface area contributed by atoms with Crippen LogP contribution in [0.1, 0.15) is 29.7 Å². The van der Waals surface area contributed by atoms with Gasteiger partial charge in [0.25, 0.3) is 0 Å². The minimum Gasteiger partial charge on any atom is -0.485 e. The predicted molar refractivity (Wildman–Crippen MR) is 75.5 cm³/mol. The second kappa shape index (κ2) is 4.94. The molecule has 98 valence electrons. The topological polar surface area (TPSA) is 35.2 Å². The van der Waals surface area contributed by atoms with Crippen LogP contribution in [0.5, 0.6) is 5.75 Å². The number of hydrogen-bond acceptors (Lipinski definition) is 2. The van der Waals surface area contributed by atoms with Gasteiger partial charge in [0.2, 0.25) is 0 Å². The molecule has 0 spiro atoms. The first kappa shape index (κ1) is 12.6. The third-order valence-electron chi connectivity index (χ3n) is 3.33. The molecule has 0 saturated carbocycles. The van der Waals surface area contributed by atoms with Crippen LogP contribution in [0.25, 0.3) is 0 Å². The second-order valence-electron chi connectivity index (χ2n) is 4.69. The van der Waals surface area contributed by atoms with Crippen LogP contribution < -0.4 is 10.5 Å². The number of nitrogens with two attached hydrogens (primary N) is 1. The highest BCUT2D eigenvalue weighted by Gasteiger charge is 2.27. The molecule has 4 heteroatoms. The molecule has 1 aliphatic heterocycles. The van der Waals surface area contributed by atoms with E-state index >= 15 is 0 Å². The highest BCUT2D eigenvalue weighted by molar-refractivity contribution is 9.10. The molecule has 0 fully saturated rings. The molecule has 0 bridgehead atoms. The molecule has 0 saturated heterocycles. The van der Waals surface area contributed by atoms with E-state index in [9.17, 15) is 4.39 Å². The Labute approximate surface area is 119 Å². The van der Waals surface area contributed by atoms with Crippen molar-refractivity contribution in [3.8, 4) is 5.75 Å². The number of rotatable bonds is 1. The van der Waals surface area contributed by atoms with Gasteiger partial charge in [0.05, 0.1) is 0 Å². The Hall–Kier alpha value is -1.39. The number of halogens is 2. The van der Waals surface area contributed by atoms with Crippen LogP contribution in [0.4, 0.5) is 4.39 Å². The minimum absolute atomic E-state index is 0.131. The fourth-order valence-corrected chi connectivity index (χ4v) is 2.80. The van der Waals surface area contributed by atoms with Crippen molar-refractivity contribution in [3.05, 3.63) is 63.9 Å². The summed E-state index contributed by atoms with van der Waals surface area (Å²) in [5.41, 5.74) is 8.06. The molecule has 0 aromatic heterocycles. The van der Waals surface area contributed by atoms with Gasteiger partial charge in [-0.15, -0.1) is 0 Å². The summed E-state index contributed by atoms with van der Waals surface area (Å²) in [6, 6.07) is 12.3. The normalized spacial score (nSPS) is 21.6. The van der Waals surface area contributed by atoms with E-state index < -0.39 is 0 Å². The summed E-state index contributed by atoms with van der Waals surface area (Å²) in [6.07, 6.45) is 0.552. The van der Waals surface area contributed by atoms with E-state index in [0.29, 0.717) is 12.2 Å². The van der Waals surface area contributed by atoms with E-state index in [-0.39, 0.29) is 18.0 Å². The summed E-state index contributed by atoms with van der Waals surface area (Å²) < 4.78 is 20.2. The van der Waals surface area contributed by atoms with Gasteiger partial charge in [-0.3, -0.25) is 0 Å².